The molecule has 3 nitrogen and oxygen atoms in total. The molecule has 0 saturated heterocycles. The third-order valence-electron chi connectivity index (χ3n) is 4.68. The van der Waals surface area contributed by atoms with Crippen molar-refractivity contribution in [1.29, 1.82) is 0 Å². The molecule has 3 aromatic rings. The second kappa shape index (κ2) is 5.95. The van der Waals surface area contributed by atoms with Crippen LogP contribution in [-0.2, 0) is 6.54 Å². The van der Waals surface area contributed by atoms with E-state index in [9.17, 15) is 0 Å². The highest BCUT2D eigenvalue weighted by Crippen LogP contribution is 2.37. The summed E-state index contributed by atoms with van der Waals surface area (Å²) in [7, 11) is 0. The number of nitrogens with zero attached hydrogens (tertiary/aromatic N) is 2. The maximum Gasteiger partial charge on any atom is 0.180 e. The summed E-state index contributed by atoms with van der Waals surface area (Å²) in [4.78, 5) is 8.04. The highest BCUT2D eigenvalue weighted by Gasteiger charge is 2.33. The van der Waals surface area contributed by atoms with Crippen LogP contribution >= 0.6 is 11.3 Å². The first-order valence-corrected chi connectivity index (χ1v) is 8.97. The summed E-state index contributed by atoms with van der Waals surface area (Å²) in [5.41, 5.74) is 7.17. The SMILES string of the molecule is CC(c1ccc2ccccc2c1)N(Cc1cnc(N)s1)C1CC1. The molecule has 0 bridgehead atoms. The van der Waals surface area contributed by atoms with Gasteiger partial charge in [-0.15, -0.1) is 11.3 Å². The third-order valence-corrected chi connectivity index (χ3v) is 5.49. The molecule has 23 heavy (non-hydrogen) atoms. The van der Waals surface area contributed by atoms with Crippen LogP contribution in [0.15, 0.2) is 48.7 Å². The van der Waals surface area contributed by atoms with Gasteiger partial charge in [0.05, 0.1) is 0 Å². The van der Waals surface area contributed by atoms with Crippen molar-refractivity contribution in [2.75, 3.05) is 5.73 Å². The van der Waals surface area contributed by atoms with E-state index in [-0.39, 0.29) is 0 Å². The molecular weight excluding hydrogens is 302 g/mol. The number of thiazole rings is 1. The van der Waals surface area contributed by atoms with Gasteiger partial charge in [0.15, 0.2) is 5.13 Å². The topological polar surface area (TPSA) is 42.2 Å². The quantitative estimate of drug-likeness (QED) is 0.746. The summed E-state index contributed by atoms with van der Waals surface area (Å²) < 4.78 is 0. The number of nitrogens with two attached hydrogens (primary N) is 1. The second-order valence-corrected chi connectivity index (χ2v) is 7.50. The Morgan fingerprint density at radius 2 is 2.00 bits per heavy atom. The van der Waals surface area contributed by atoms with Crippen LogP contribution in [0.5, 0.6) is 0 Å². The van der Waals surface area contributed by atoms with Gasteiger partial charge in [0.25, 0.3) is 0 Å². The summed E-state index contributed by atoms with van der Waals surface area (Å²) in [6, 6.07) is 16.5. The van der Waals surface area contributed by atoms with Gasteiger partial charge in [-0.2, -0.15) is 0 Å². The lowest BCUT2D eigenvalue weighted by Crippen LogP contribution is -2.28. The van der Waals surface area contributed by atoms with Gasteiger partial charge in [-0.05, 0) is 42.2 Å². The van der Waals surface area contributed by atoms with Gasteiger partial charge < -0.3 is 5.73 Å². The molecule has 2 aromatic carbocycles. The van der Waals surface area contributed by atoms with Crippen molar-refractivity contribution in [1.82, 2.24) is 9.88 Å². The number of rotatable bonds is 5. The Morgan fingerprint density at radius 3 is 2.70 bits per heavy atom. The Labute approximate surface area is 140 Å². The molecule has 2 N–H and O–H groups in total. The summed E-state index contributed by atoms with van der Waals surface area (Å²) in [6.45, 7) is 3.25. The molecule has 4 rings (SSSR count). The summed E-state index contributed by atoms with van der Waals surface area (Å²) in [5.74, 6) is 0. The molecule has 1 heterocycles. The average Bonchev–Trinajstić information content (AvgIpc) is 3.34. The maximum atomic E-state index is 5.78. The smallest absolute Gasteiger partial charge is 0.180 e. The Kier molecular flexibility index (Phi) is 3.79. The number of nitrogen functional groups attached to an aromatic ring is 1. The molecule has 0 aliphatic heterocycles. The van der Waals surface area contributed by atoms with Crippen molar-refractivity contribution >= 4 is 27.2 Å². The van der Waals surface area contributed by atoms with Crippen LogP contribution in [-0.4, -0.2) is 15.9 Å². The number of fused-ring (bicyclic) bond motifs is 1. The van der Waals surface area contributed by atoms with Crippen LogP contribution in [0, 0.1) is 0 Å². The van der Waals surface area contributed by atoms with Crippen molar-refractivity contribution in [2.24, 2.45) is 0 Å². The van der Waals surface area contributed by atoms with Crippen LogP contribution in [0.1, 0.15) is 36.2 Å². The van der Waals surface area contributed by atoms with Crippen LogP contribution in [0.2, 0.25) is 0 Å². The van der Waals surface area contributed by atoms with Gasteiger partial charge in [-0.1, -0.05) is 36.4 Å². The van der Waals surface area contributed by atoms with E-state index in [1.165, 1.54) is 34.1 Å². The largest absolute Gasteiger partial charge is 0.375 e. The molecule has 1 aliphatic carbocycles. The monoisotopic (exact) mass is 323 g/mol. The zero-order chi connectivity index (χ0) is 15.8. The Hall–Kier alpha value is -1.91. The fraction of sp³-hybridized carbons (Fsp3) is 0.316. The molecule has 4 heteroatoms. The minimum Gasteiger partial charge on any atom is -0.375 e. The number of benzene rings is 2. The van der Waals surface area contributed by atoms with E-state index in [4.69, 9.17) is 5.73 Å². The first kappa shape index (κ1) is 14.7. The number of anilines is 1. The number of hydrogen-bond acceptors (Lipinski definition) is 4. The van der Waals surface area contributed by atoms with Crippen molar-refractivity contribution in [2.45, 2.75) is 38.4 Å². The highest BCUT2D eigenvalue weighted by molar-refractivity contribution is 7.15. The lowest BCUT2D eigenvalue weighted by atomic mass is 10.0. The normalized spacial score (nSPS) is 16.1. The lowest BCUT2D eigenvalue weighted by Gasteiger charge is -2.29. The minimum atomic E-state index is 0.399. The van der Waals surface area contributed by atoms with Crippen molar-refractivity contribution in [3.8, 4) is 0 Å². The molecule has 1 unspecified atom stereocenters. The second-order valence-electron chi connectivity index (χ2n) is 6.35. The number of aromatic nitrogens is 1. The Bertz CT molecular complexity index is 822. The van der Waals surface area contributed by atoms with Crippen molar-refractivity contribution in [3.63, 3.8) is 0 Å². The third kappa shape index (κ3) is 3.09. The molecule has 1 aromatic heterocycles. The predicted molar refractivity (Wildman–Crippen MR) is 97.5 cm³/mol. The highest BCUT2D eigenvalue weighted by atomic mass is 32.1. The molecule has 1 fully saturated rings. The fourth-order valence-electron chi connectivity index (χ4n) is 3.22. The molecule has 0 radical (unpaired) electrons. The molecule has 1 aliphatic rings. The van der Waals surface area contributed by atoms with Crippen LogP contribution in [0.3, 0.4) is 0 Å². The van der Waals surface area contributed by atoms with Gasteiger partial charge >= 0.3 is 0 Å². The van der Waals surface area contributed by atoms with E-state index in [1.54, 1.807) is 11.3 Å². The van der Waals surface area contributed by atoms with Gasteiger partial charge in [0.1, 0.15) is 0 Å². The fourth-order valence-corrected chi connectivity index (χ4v) is 3.92. The standard InChI is InChI=1S/C19H21N3S/c1-13(15-7-6-14-4-2-3-5-16(14)10-15)22(17-8-9-17)12-18-11-21-19(20)23-18/h2-7,10-11,13,17H,8-9,12H2,1H3,(H2,20,21). The Morgan fingerprint density at radius 1 is 1.22 bits per heavy atom. The van der Waals surface area contributed by atoms with Crippen LogP contribution in [0.25, 0.3) is 10.8 Å². The summed E-state index contributed by atoms with van der Waals surface area (Å²) in [6.07, 6.45) is 4.51. The molecule has 1 atom stereocenters. The average molecular weight is 323 g/mol. The van der Waals surface area contributed by atoms with Crippen LogP contribution in [0.4, 0.5) is 5.13 Å². The van der Waals surface area contributed by atoms with E-state index in [0.717, 1.165) is 6.54 Å². The van der Waals surface area contributed by atoms with E-state index >= 15 is 0 Å². The maximum absolute atomic E-state index is 5.78. The van der Waals surface area contributed by atoms with Crippen LogP contribution < -0.4 is 5.73 Å². The van der Waals surface area contributed by atoms with Gasteiger partial charge in [0.2, 0.25) is 0 Å². The van der Waals surface area contributed by atoms with E-state index < -0.39 is 0 Å². The molecule has 118 valence electrons. The molecule has 0 spiro atoms. The Balaban J connectivity index is 1.61. The van der Waals surface area contributed by atoms with E-state index in [2.05, 4.69) is 59.3 Å². The van der Waals surface area contributed by atoms with Crippen molar-refractivity contribution in [3.05, 3.63) is 59.1 Å². The van der Waals surface area contributed by atoms with Gasteiger partial charge in [-0.25, -0.2) is 4.98 Å². The summed E-state index contributed by atoms with van der Waals surface area (Å²) in [5, 5.41) is 3.28. The van der Waals surface area contributed by atoms with E-state index in [0.29, 0.717) is 17.2 Å². The first-order valence-electron chi connectivity index (χ1n) is 8.15. The number of hydrogen-bond donors (Lipinski definition) is 1. The minimum absolute atomic E-state index is 0.399. The summed E-state index contributed by atoms with van der Waals surface area (Å²) >= 11 is 1.60. The van der Waals surface area contributed by atoms with E-state index in [1.807, 2.05) is 6.20 Å². The van der Waals surface area contributed by atoms with Gasteiger partial charge in [0, 0.05) is 29.7 Å². The zero-order valence-electron chi connectivity index (χ0n) is 13.3. The molecule has 0 amide bonds. The lowest BCUT2D eigenvalue weighted by molar-refractivity contribution is 0.192. The predicted octanol–water partition coefficient (Wildman–Crippen LogP) is 4.60. The zero-order valence-corrected chi connectivity index (χ0v) is 14.1. The molecular formula is C19H21N3S. The first-order chi connectivity index (χ1) is 11.2. The van der Waals surface area contributed by atoms with Gasteiger partial charge in [-0.3, -0.25) is 4.90 Å². The van der Waals surface area contributed by atoms with Crippen molar-refractivity contribution < 1.29 is 0 Å². The molecule has 1 saturated carbocycles.